The van der Waals surface area contributed by atoms with Crippen LogP contribution in [0.5, 0.6) is 0 Å². The van der Waals surface area contributed by atoms with Gasteiger partial charge in [0.1, 0.15) is 0 Å². The Balaban J connectivity index is 1.72. The van der Waals surface area contributed by atoms with Crippen molar-refractivity contribution in [3.63, 3.8) is 0 Å². The summed E-state index contributed by atoms with van der Waals surface area (Å²) in [5, 5.41) is 0. The van der Waals surface area contributed by atoms with Gasteiger partial charge in [-0.15, -0.1) is 0 Å². The molecule has 3 rings (SSSR count). The van der Waals surface area contributed by atoms with E-state index < -0.39 is 0 Å². The number of carbonyl (C=O) groups is 1. The van der Waals surface area contributed by atoms with E-state index in [2.05, 4.69) is 31.0 Å². The molecule has 1 aromatic rings. The topological polar surface area (TPSA) is 36.4 Å². The molecule has 1 fully saturated rings. The average molecular weight is 287 g/mol. The van der Waals surface area contributed by atoms with E-state index in [0.717, 1.165) is 44.6 Å². The first-order valence-corrected chi connectivity index (χ1v) is 8.15. The minimum Gasteiger partial charge on any atom is -0.337 e. The van der Waals surface area contributed by atoms with Crippen LogP contribution in [0.1, 0.15) is 43.1 Å². The van der Waals surface area contributed by atoms with Gasteiger partial charge in [-0.05, 0) is 44.5 Å². The minimum absolute atomic E-state index is 0.0863. The average Bonchev–Trinajstić information content (AvgIpc) is 2.53. The van der Waals surface area contributed by atoms with Crippen molar-refractivity contribution < 1.29 is 4.79 Å². The lowest BCUT2D eigenvalue weighted by Gasteiger charge is -2.37. The first kappa shape index (κ1) is 14.5. The number of nitrogens with zero attached hydrogens (tertiary/aromatic N) is 3. The predicted molar refractivity (Wildman–Crippen MR) is 83.0 cm³/mol. The largest absolute Gasteiger partial charge is 0.337 e. The second kappa shape index (κ2) is 6.14. The fraction of sp³-hybridized carbons (Fsp3) is 0.647. The number of piperidine rings is 1. The van der Waals surface area contributed by atoms with Crippen LogP contribution in [0.3, 0.4) is 0 Å². The molecule has 0 aliphatic carbocycles. The van der Waals surface area contributed by atoms with Crippen molar-refractivity contribution >= 4 is 5.91 Å². The standard InChI is InChI=1S/C17H25N3O/c1-3-14-8-7-13-12-20(11-9-15(13)18-14)17(21)16-6-4-5-10-19(16)2/h7-8,16H,3-6,9-12H2,1-2H3/t16-/m1/s1. The molecule has 0 aromatic carbocycles. The Kier molecular flexibility index (Phi) is 4.24. The molecule has 0 N–H and O–H groups in total. The Bertz CT molecular complexity index is 529. The molecule has 1 aromatic heterocycles. The van der Waals surface area contributed by atoms with Gasteiger partial charge >= 0.3 is 0 Å². The molecule has 2 aliphatic rings. The zero-order valence-corrected chi connectivity index (χ0v) is 13.1. The lowest BCUT2D eigenvalue weighted by atomic mass is 9.99. The SMILES string of the molecule is CCc1ccc2c(n1)CCN(C(=O)[C@H]1CCCCN1C)C2. The number of rotatable bonds is 2. The molecule has 3 heterocycles. The highest BCUT2D eigenvalue weighted by Gasteiger charge is 2.31. The monoisotopic (exact) mass is 287 g/mol. The summed E-state index contributed by atoms with van der Waals surface area (Å²) >= 11 is 0. The molecule has 0 spiro atoms. The van der Waals surface area contributed by atoms with Gasteiger partial charge in [-0.25, -0.2) is 0 Å². The molecule has 1 atom stereocenters. The van der Waals surface area contributed by atoms with Crippen LogP contribution < -0.4 is 0 Å². The Labute approximate surface area is 127 Å². The van der Waals surface area contributed by atoms with E-state index >= 15 is 0 Å². The van der Waals surface area contributed by atoms with E-state index in [1.807, 2.05) is 4.90 Å². The van der Waals surface area contributed by atoms with Crippen molar-refractivity contribution in [1.29, 1.82) is 0 Å². The zero-order valence-electron chi connectivity index (χ0n) is 13.1. The maximum atomic E-state index is 12.8. The van der Waals surface area contributed by atoms with Crippen LogP contribution in [-0.2, 0) is 24.2 Å². The van der Waals surface area contributed by atoms with Gasteiger partial charge in [0.15, 0.2) is 0 Å². The third-order valence-corrected chi connectivity index (χ3v) is 4.84. The molecule has 2 aliphatic heterocycles. The van der Waals surface area contributed by atoms with Crippen molar-refractivity contribution in [1.82, 2.24) is 14.8 Å². The zero-order chi connectivity index (χ0) is 14.8. The summed E-state index contributed by atoms with van der Waals surface area (Å²) in [7, 11) is 2.08. The number of amides is 1. The number of fused-ring (bicyclic) bond motifs is 1. The van der Waals surface area contributed by atoms with Crippen LogP contribution in [0.2, 0.25) is 0 Å². The molecular weight excluding hydrogens is 262 g/mol. The molecule has 0 unspecified atom stereocenters. The molecule has 1 amide bonds. The highest BCUT2D eigenvalue weighted by atomic mass is 16.2. The Hall–Kier alpha value is -1.42. The number of carbonyl (C=O) groups excluding carboxylic acids is 1. The number of aryl methyl sites for hydroxylation is 1. The van der Waals surface area contributed by atoms with E-state index in [0.29, 0.717) is 5.91 Å². The number of hydrogen-bond donors (Lipinski definition) is 0. The molecule has 0 bridgehead atoms. The number of aromatic nitrogens is 1. The Morgan fingerprint density at radius 3 is 2.95 bits per heavy atom. The molecule has 4 heteroatoms. The maximum Gasteiger partial charge on any atom is 0.240 e. The van der Waals surface area contributed by atoms with Gasteiger partial charge < -0.3 is 4.90 Å². The van der Waals surface area contributed by atoms with Crippen LogP contribution in [0.4, 0.5) is 0 Å². The van der Waals surface area contributed by atoms with Crippen molar-refractivity contribution in [2.45, 2.75) is 51.6 Å². The quantitative estimate of drug-likeness (QED) is 0.835. The second-order valence-corrected chi connectivity index (χ2v) is 6.26. The number of likely N-dealkylation sites (tertiary alicyclic amines) is 1. The molecule has 0 saturated carbocycles. The number of hydrogen-bond acceptors (Lipinski definition) is 3. The van der Waals surface area contributed by atoms with E-state index in [4.69, 9.17) is 4.98 Å². The van der Waals surface area contributed by atoms with Gasteiger partial charge in [-0.3, -0.25) is 14.7 Å². The molecule has 21 heavy (non-hydrogen) atoms. The summed E-state index contributed by atoms with van der Waals surface area (Å²) in [6.07, 6.45) is 5.26. The van der Waals surface area contributed by atoms with Crippen molar-refractivity contribution in [2.75, 3.05) is 20.1 Å². The van der Waals surface area contributed by atoms with Crippen LogP contribution in [0.15, 0.2) is 12.1 Å². The predicted octanol–water partition coefficient (Wildman–Crippen LogP) is 2.01. The highest BCUT2D eigenvalue weighted by Crippen LogP contribution is 2.22. The second-order valence-electron chi connectivity index (χ2n) is 6.26. The smallest absolute Gasteiger partial charge is 0.240 e. The summed E-state index contributed by atoms with van der Waals surface area (Å²) in [4.78, 5) is 21.7. The first-order valence-electron chi connectivity index (χ1n) is 8.15. The lowest BCUT2D eigenvalue weighted by molar-refractivity contribution is -0.138. The van der Waals surface area contributed by atoms with E-state index in [-0.39, 0.29) is 6.04 Å². The number of pyridine rings is 1. The van der Waals surface area contributed by atoms with Crippen LogP contribution in [-0.4, -0.2) is 46.9 Å². The van der Waals surface area contributed by atoms with E-state index in [1.54, 1.807) is 0 Å². The minimum atomic E-state index is 0.0863. The normalized spacial score (nSPS) is 23.0. The highest BCUT2D eigenvalue weighted by molar-refractivity contribution is 5.82. The van der Waals surface area contributed by atoms with Crippen LogP contribution in [0, 0.1) is 0 Å². The Morgan fingerprint density at radius 2 is 2.19 bits per heavy atom. The maximum absolute atomic E-state index is 12.8. The van der Waals surface area contributed by atoms with Gasteiger partial charge in [0.2, 0.25) is 5.91 Å². The number of likely N-dealkylation sites (N-methyl/N-ethyl adjacent to an activating group) is 1. The Morgan fingerprint density at radius 1 is 1.33 bits per heavy atom. The van der Waals surface area contributed by atoms with Gasteiger partial charge in [0.05, 0.1) is 6.04 Å². The third-order valence-electron chi connectivity index (χ3n) is 4.84. The van der Waals surface area contributed by atoms with Crippen LogP contribution >= 0.6 is 0 Å². The van der Waals surface area contributed by atoms with Gasteiger partial charge in [0, 0.05) is 30.9 Å². The van der Waals surface area contributed by atoms with Crippen molar-refractivity contribution in [2.24, 2.45) is 0 Å². The summed E-state index contributed by atoms with van der Waals surface area (Å²) < 4.78 is 0. The van der Waals surface area contributed by atoms with Crippen molar-refractivity contribution in [3.8, 4) is 0 Å². The molecular formula is C17H25N3O. The van der Waals surface area contributed by atoms with Gasteiger partial charge in [-0.1, -0.05) is 19.4 Å². The first-order chi connectivity index (χ1) is 10.2. The fourth-order valence-electron chi connectivity index (χ4n) is 3.44. The lowest BCUT2D eigenvalue weighted by Crippen LogP contribution is -2.50. The summed E-state index contributed by atoms with van der Waals surface area (Å²) in [6, 6.07) is 4.34. The van der Waals surface area contributed by atoms with Crippen LogP contribution in [0.25, 0.3) is 0 Å². The molecule has 4 nitrogen and oxygen atoms in total. The van der Waals surface area contributed by atoms with E-state index in [9.17, 15) is 4.79 Å². The van der Waals surface area contributed by atoms with Gasteiger partial charge in [0.25, 0.3) is 0 Å². The molecule has 0 radical (unpaired) electrons. The van der Waals surface area contributed by atoms with Crippen molar-refractivity contribution in [3.05, 3.63) is 29.1 Å². The summed E-state index contributed by atoms with van der Waals surface area (Å²) in [5.41, 5.74) is 3.57. The fourth-order valence-corrected chi connectivity index (χ4v) is 3.44. The van der Waals surface area contributed by atoms with E-state index in [1.165, 1.54) is 24.1 Å². The van der Waals surface area contributed by atoms with Gasteiger partial charge in [-0.2, -0.15) is 0 Å². The molecule has 1 saturated heterocycles. The molecule has 114 valence electrons. The summed E-state index contributed by atoms with van der Waals surface area (Å²) in [6.45, 7) is 4.72. The summed E-state index contributed by atoms with van der Waals surface area (Å²) in [5.74, 6) is 0.308. The third kappa shape index (κ3) is 2.95.